The lowest BCUT2D eigenvalue weighted by Gasteiger charge is -1.88. The lowest BCUT2D eigenvalue weighted by Crippen LogP contribution is -1.88. The minimum Gasteiger partial charge on any atom is -0.254 e. The van der Waals surface area contributed by atoms with Gasteiger partial charge in [-0.1, -0.05) is 5.21 Å². The van der Waals surface area contributed by atoms with E-state index in [0.717, 1.165) is 0 Å². The molecule has 2 rings (SSSR count). The molecule has 0 fully saturated rings. The average Bonchev–Trinajstić information content (AvgIpc) is 2.58. The van der Waals surface area contributed by atoms with E-state index in [2.05, 4.69) is 36.6 Å². The van der Waals surface area contributed by atoms with Crippen molar-refractivity contribution in [3.63, 3.8) is 0 Å². The van der Waals surface area contributed by atoms with Crippen LogP contribution >= 0.6 is 0 Å². The Kier molecular flexibility index (Phi) is 1.29. The van der Waals surface area contributed by atoms with Gasteiger partial charge in [0.1, 0.15) is 24.5 Å². The Hall–Kier alpha value is -1.85. The number of hydrogen-bond donors (Lipinski definition) is 1. The van der Waals surface area contributed by atoms with Gasteiger partial charge in [0.2, 0.25) is 0 Å². The van der Waals surface area contributed by atoms with E-state index >= 15 is 0 Å². The van der Waals surface area contributed by atoms with Gasteiger partial charge in [0.25, 0.3) is 0 Å². The van der Waals surface area contributed by atoms with E-state index in [9.17, 15) is 0 Å². The molecule has 53 valence electrons. The van der Waals surface area contributed by atoms with E-state index < -0.39 is 0 Å². The van der Waals surface area contributed by atoms with Gasteiger partial charge in [0.05, 0.1) is 0 Å². The van der Waals surface area contributed by atoms with Gasteiger partial charge in [-0.25, -0.2) is 15.0 Å². The molecule has 2 aromatic rings. The summed E-state index contributed by atoms with van der Waals surface area (Å²) in [5.41, 5.74) is 0.562. The first-order chi connectivity index (χ1) is 5.47. The highest BCUT2D eigenvalue weighted by Crippen LogP contribution is 2.03. The first-order valence-electron chi connectivity index (χ1n) is 2.88. The molecule has 0 saturated carbocycles. The number of hydrogen-bond acceptors (Lipinski definition) is 5. The fraction of sp³-hybridized carbons (Fsp3) is 0. The molecule has 0 spiro atoms. The molecule has 2 aromatic heterocycles. The van der Waals surface area contributed by atoms with Crippen molar-refractivity contribution in [2.45, 2.75) is 0 Å². The van der Waals surface area contributed by atoms with Crippen molar-refractivity contribution in [2.24, 2.45) is 0 Å². The third-order valence-corrected chi connectivity index (χ3v) is 1.09. The highest BCUT2D eigenvalue weighted by Gasteiger charge is 2.00. The quantitative estimate of drug-likeness (QED) is 0.585. The van der Waals surface area contributed by atoms with Crippen LogP contribution < -0.4 is 0 Å². The molecule has 1 N–H and O–H groups in total. The molecule has 2 heterocycles. The molecule has 0 aliphatic carbocycles. The minimum atomic E-state index is 0.491. The summed E-state index contributed by atoms with van der Waals surface area (Å²) >= 11 is 0. The number of aromatic nitrogens is 6. The fourth-order valence-corrected chi connectivity index (χ4v) is 0.643. The molecule has 6 nitrogen and oxygen atoms in total. The van der Waals surface area contributed by atoms with Gasteiger partial charge < -0.3 is 0 Å². The van der Waals surface area contributed by atoms with Gasteiger partial charge in [0, 0.05) is 0 Å². The second-order valence-electron chi connectivity index (χ2n) is 1.76. The SMILES string of the molecule is [c]1nn[nH]c1-c1ncncn1. The van der Waals surface area contributed by atoms with E-state index in [1.54, 1.807) is 0 Å². The molecule has 0 atom stereocenters. The van der Waals surface area contributed by atoms with Gasteiger partial charge in [-0.3, -0.25) is 5.10 Å². The molecule has 0 aliphatic rings. The number of nitrogens with one attached hydrogen (secondary N) is 1. The Labute approximate surface area is 61.7 Å². The fourth-order valence-electron chi connectivity index (χ4n) is 0.643. The van der Waals surface area contributed by atoms with Crippen LogP contribution in [0.2, 0.25) is 0 Å². The van der Waals surface area contributed by atoms with E-state index in [0.29, 0.717) is 11.5 Å². The van der Waals surface area contributed by atoms with Gasteiger partial charge in [-0.05, 0) is 0 Å². The van der Waals surface area contributed by atoms with Crippen molar-refractivity contribution in [1.29, 1.82) is 0 Å². The van der Waals surface area contributed by atoms with Gasteiger partial charge in [-0.15, -0.1) is 5.10 Å². The molecular formula is C5H3N6. The summed E-state index contributed by atoms with van der Waals surface area (Å²) in [6, 6.07) is 0. The number of rotatable bonds is 1. The Bertz CT molecular complexity index is 314. The summed E-state index contributed by atoms with van der Waals surface area (Å²) < 4.78 is 0. The normalized spacial score (nSPS) is 9.82. The maximum absolute atomic E-state index is 3.86. The third kappa shape index (κ3) is 1.05. The Morgan fingerprint density at radius 3 is 2.73 bits per heavy atom. The molecular weight excluding hydrogens is 144 g/mol. The first-order valence-corrected chi connectivity index (χ1v) is 2.88. The average molecular weight is 147 g/mol. The molecule has 0 amide bonds. The lowest BCUT2D eigenvalue weighted by atomic mass is 10.4. The monoisotopic (exact) mass is 147 g/mol. The zero-order valence-corrected chi connectivity index (χ0v) is 5.39. The van der Waals surface area contributed by atoms with E-state index in [4.69, 9.17) is 0 Å². The van der Waals surface area contributed by atoms with Crippen LogP contribution in [0.15, 0.2) is 12.7 Å². The molecule has 11 heavy (non-hydrogen) atoms. The largest absolute Gasteiger partial charge is 0.254 e. The second-order valence-corrected chi connectivity index (χ2v) is 1.76. The molecule has 0 unspecified atom stereocenters. The van der Waals surface area contributed by atoms with Crippen LogP contribution in [-0.4, -0.2) is 30.4 Å². The summed E-state index contributed by atoms with van der Waals surface area (Å²) in [5, 5.41) is 9.52. The summed E-state index contributed by atoms with van der Waals surface area (Å²) in [5.74, 6) is 0.491. The topological polar surface area (TPSA) is 80.2 Å². The van der Waals surface area contributed by atoms with Crippen LogP contribution in [0.5, 0.6) is 0 Å². The van der Waals surface area contributed by atoms with Crippen molar-refractivity contribution in [3.8, 4) is 11.5 Å². The van der Waals surface area contributed by atoms with Gasteiger partial charge >= 0.3 is 0 Å². The van der Waals surface area contributed by atoms with Crippen molar-refractivity contribution >= 4 is 0 Å². The van der Waals surface area contributed by atoms with Gasteiger partial charge in [-0.2, -0.15) is 0 Å². The first kappa shape index (κ1) is 5.90. The summed E-state index contributed by atoms with van der Waals surface area (Å²) in [6.07, 6.45) is 5.38. The van der Waals surface area contributed by atoms with Crippen molar-refractivity contribution in [1.82, 2.24) is 30.4 Å². The zero-order valence-electron chi connectivity index (χ0n) is 5.39. The van der Waals surface area contributed by atoms with E-state index in [1.165, 1.54) is 12.7 Å². The standard InChI is InChI=1S/C5H3N6/c1-4(10-11-9-1)5-7-2-6-3-8-5/h2-3H,(H,9,10,11). The van der Waals surface area contributed by atoms with Gasteiger partial charge in [0.15, 0.2) is 5.82 Å². The molecule has 1 radical (unpaired) electrons. The van der Waals surface area contributed by atoms with E-state index in [1.807, 2.05) is 0 Å². The summed E-state index contributed by atoms with van der Waals surface area (Å²) in [6.45, 7) is 0. The maximum Gasteiger partial charge on any atom is 0.182 e. The van der Waals surface area contributed by atoms with Crippen molar-refractivity contribution < 1.29 is 0 Å². The van der Waals surface area contributed by atoms with Crippen LogP contribution in [0.4, 0.5) is 0 Å². The Balaban J connectivity index is 2.46. The predicted molar refractivity (Wildman–Crippen MR) is 34.0 cm³/mol. The second kappa shape index (κ2) is 2.41. The van der Waals surface area contributed by atoms with Crippen LogP contribution in [0.25, 0.3) is 11.5 Å². The van der Waals surface area contributed by atoms with Crippen molar-refractivity contribution in [3.05, 3.63) is 18.9 Å². The van der Waals surface area contributed by atoms with Crippen LogP contribution in [0, 0.1) is 6.20 Å². The van der Waals surface area contributed by atoms with Crippen molar-refractivity contribution in [2.75, 3.05) is 0 Å². The van der Waals surface area contributed by atoms with Crippen LogP contribution in [0.1, 0.15) is 0 Å². The number of aromatic amines is 1. The molecule has 6 heteroatoms. The molecule has 0 bridgehead atoms. The van der Waals surface area contributed by atoms with Crippen LogP contribution in [-0.2, 0) is 0 Å². The zero-order chi connectivity index (χ0) is 7.52. The molecule has 0 aliphatic heterocycles. The number of H-pyrrole nitrogens is 1. The minimum absolute atomic E-state index is 0.491. The highest BCUT2D eigenvalue weighted by molar-refractivity contribution is 5.43. The lowest BCUT2D eigenvalue weighted by molar-refractivity contribution is 0.934. The third-order valence-electron chi connectivity index (χ3n) is 1.09. The van der Waals surface area contributed by atoms with Crippen LogP contribution in [0.3, 0.4) is 0 Å². The molecule has 0 saturated heterocycles. The number of nitrogens with zero attached hydrogens (tertiary/aromatic N) is 5. The predicted octanol–water partition coefficient (Wildman–Crippen LogP) is -0.543. The van der Waals surface area contributed by atoms with E-state index in [-0.39, 0.29) is 0 Å². The summed E-state index contributed by atoms with van der Waals surface area (Å²) in [4.78, 5) is 11.4. The Morgan fingerprint density at radius 1 is 1.27 bits per heavy atom. The molecule has 0 aromatic carbocycles. The maximum atomic E-state index is 3.86. The smallest absolute Gasteiger partial charge is 0.182 e. The highest BCUT2D eigenvalue weighted by atomic mass is 15.3. The summed E-state index contributed by atoms with van der Waals surface area (Å²) in [7, 11) is 0. The Morgan fingerprint density at radius 2 is 2.09 bits per heavy atom.